The highest BCUT2D eigenvalue weighted by molar-refractivity contribution is 7.92. The first kappa shape index (κ1) is 23.4. The van der Waals surface area contributed by atoms with Crippen molar-refractivity contribution >= 4 is 21.6 Å². The number of hydrogen-bond donors (Lipinski definition) is 2. The van der Waals surface area contributed by atoms with E-state index in [4.69, 9.17) is 9.47 Å². The molecule has 7 nitrogen and oxygen atoms in total. The van der Waals surface area contributed by atoms with Gasteiger partial charge in [-0.25, -0.2) is 8.42 Å². The third-order valence-electron chi connectivity index (χ3n) is 4.91. The van der Waals surface area contributed by atoms with Gasteiger partial charge in [-0.05, 0) is 48.0 Å². The van der Waals surface area contributed by atoms with Crippen molar-refractivity contribution in [1.82, 2.24) is 5.32 Å². The maximum atomic E-state index is 12.9. The van der Waals surface area contributed by atoms with E-state index >= 15 is 0 Å². The Kier molecular flexibility index (Phi) is 6.38. The van der Waals surface area contributed by atoms with Gasteiger partial charge in [-0.1, -0.05) is 18.2 Å². The van der Waals surface area contributed by atoms with Crippen LogP contribution in [-0.4, -0.2) is 27.5 Å². The van der Waals surface area contributed by atoms with Gasteiger partial charge in [-0.3, -0.25) is 9.52 Å². The molecule has 4 rings (SSSR count). The third kappa shape index (κ3) is 5.42. The van der Waals surface area contributed by atoms with Crippen molar-refractivity contribution in [2.75, 3.05) is 17.9 Å². The second-order valence-electron chi connectivity index (χ2n) is 7.37. The second kappa shape index (κ2) is 9.26. The zero-order valence-corrected chi connectivity index (χ0v) is 18.4. The van der Waals surface area contributed by atoms with Crippen LogP contribution in [0.15, 0.2) is 71.6 Å². The molecule has 0 atom stereocenters. The van der Waals surface area contributed by atoms with Crippen molar-refractivity contribution in [2.45, 2.75) is 17.6 Å². The third-order valence-corrected chi connectivity index (χ3v) is 6.29. The number of sulfonamides is 1. The van der Waals surface area contributed by atoms with Gasteiger partial charge in [0.25, 0.3) is 15.9 Å². The highest BCUT2D eigenvalue weighted by atomic mass is 32.2. The summed E-state index contributed by atoms with van der Waals surface area (Å²) >= 11 is 0. The van der Waals surface area contributed by atoms with Crippen molar-refractivity contribution < 1.29 is 35.9 Å². The van der Waals surface area contributed by atoms with Gasteiger partial charge < -0.3 is 14.8 Å². The molecule has 0 spiro atoms. The quantitative estimate of drug-likeness (QED) is 0.538. The molecule has 0 bridgehead atoms. The van der Waals surface area contributed by atoms with Crippen LogP contribution >= 0.6 is 0 Å². The number of rotatable bonds is 6. The van der Waals surface area contributed by atoms with Crippen LogP contribution in [0, 0.1) is 0 Å². The van der Waals surface area contributed by atoms with E-state index < -0.39 is 27.7 Å². The lowest BCUT2D eigenvalue weighted by Gasteiger charge is -2.19. The second-order valence-corrected chi connectivity index (χ2v) is 9.05. The first-order valence-electron chi connectivity index (χ1n) is 10.1. The van der Waals surface area contributed by atoms with Crippen molar-refractivity contribution in [1.29, 1.82) is 0 Å². The van der Waals surface area contributed by atoms with Crippen LogP contribution in [0.2, 0.25) is 0 Å². The SMILES string of the molecule is O=C(NCc1cccc(C(F)(F)F)c1)c1cccc(NS(=O)(=O)c2ccc3c(c2)OCCO3)c1. The summed E-state index contributed by atoms with van der Waals surface area (Å²) in [4.78, 5) is 12.5. The summed E-state index contributed by atoms with van der Waals surface area (Å²) in [6.07, 6.45) is -4.48. The van der Waals surface area contributed by atoms with Crippen LogP contribution < -0.4 is 19.5 Å². The molecule has 0 fully saturated rings. The van der Waals surface area contributed by atoms with Crippen molar-refractivity contribution in [3.63, 3.8) is 0 Å². The number of amides is 1. The number of nitrogens with one attached hydrogen (secondary N) is 2. The molecule has 1 amide bonds. The summed E-state index contributed by atoms with van der Waals surface area (Å²) in [7, 11) is -3.99. The summed E-state index contributed by atoms with van der Waals surface area (Å²) in [5.74, 6) is 0.194. The Morgan fingerprint density at radius 3 is 2.41 bits per heavy atom. The standard InChI is InChI=1S/C23H19F3N2O5S/c24-23(25,26)17-5-1-3-15(11-17)14-27-22(29)16-4-2-6-18(12-16)28-34(30,31)19-7-8-20-21(13-19)33-10-9-32-20/h1-8,11-13,28H,9-10,14H2,(H,27,29). The number of carbonyl (C=O) groups is 1. The molecule has 0 saturated heterocycles. The number of hydrogen-bond acceptors (Lipinski definition) is 5. The van der Waals surface area contributed by atoms with Gasteiger partial charge in [0.05, 0.1) is 10.5 Å². The zero-order valence-electron chi connectivity index (χ0n) is 17.6. The number of fused-ring (bicyclic) bond motifs is 1. The molecular formula is C23H19F3N2O5S. The summed E-state index contributed by atoms with van der Waals surface area (Å²) in [6.45, 7) is 0.553. The van der Waals surface area contributed by atoms with Gasteiger partial charge >= 0.3 is 6.18 Å². The van der Waals surface area contributed by atoms with Crippen molar-refractivity contribution in [3.05, 3.63) is 83.4 Å². The first-order chi connectivity index (χ1) is 16.1. The lowest BCUT2D eigenvalue weighted by Crippen LogP contribution is -2.23. The fraction of sp³-hybridized carbons (Fsp3) is 0.174. The predicted molar refractivity (Wildman–Crippen MR) is 117 cm³/mol. The monoisotopic (exact) mass is 492 g/mol. The van der Waals surface area contributed by atoms with E-state index in [0.717, 1.165) is 12.1 Å². The van der Waals surface area contributed by atoms with Gasteiger partial charge in [-0.15, -0.1) is 0 Å². The smallest absolute Gasteiger partial charge is 0.416 e. The Hall–Kier alpha value is -3.73. The van der Waals surface area contributed by atoms with Crippen LogP contribution in [0.25, 0.3) is 0 Å². The average Bonchev–Trinajstić information content (AvgIpc) is 2.82. The number of anilines is 1. The molecule has 0 aliphatic carbocycles. The minimum Gasteiger partial charge on any atom is -0.486 e. The fourth-order valence-corrected chi connectivity index (χ4v) is 4.34. The molecule has 1 aliphatic heterocycles. The van der Waals surface area contributed by atoms with Gasteiger partial charge in [0, 0.05) is 23.9 Å². The molecule has 3 aromatic rings. The van der Waals surface area contributed by atoms with Crippen LogP contribution in [0.3, 0.4) is 0 Å². The molecule has 0 aromatic heterocycles. The van der Waals surface area contributed by atoms with E-state index in [1.807, 2.05) is 0 Å². The molecule has 2 N–H and O–H groups in total. The topological polar surface area (TPSA) is 93.7 Å². The van der Waals surface area contributed by atoms with E-state index in [9.17, 15) is 26.4 Å². The molecule has 1 heterocycles. The molecule has 11 heteroatoms. The minimum absolute atomic E-state index is 0.0452. The van der Waals surface area contributed by atoms with Crippen LogP contribution in [0.1, 0.15) is 21.5 Å². The van der Waals surface area contributed by atoms with E-state index in [1.165, 1.54) is 54.6 Å². The van der Waals surface area contributed by atoms with Gasteiger partial charge in [-0.2, -0.15) is 13.2 Å². The maximum Gasteiger partial charge on any atom is 0.416 e. The van der Waals surface area contributed by atoms with Crippen molar-refractivity contribution in [3.8, 4) is 11.5 Å². The zero-order chi connectivity index (χ0) is 24.3. The van der Waals surface area contributed by atoms with Crippen LogP contribution in [-0.2, 0) is 22.7 Å². The number of benzene rings is 3. The lowest BCUT2D eigenvalue weighted by molar-refractivity contribution is -0.137. The largest absolute Gasteiger partial charge is 0.486 e. The maximum absolute atomic E-state index is 12.9. The molecule has 0 unspecified atom stereocenters. The van der Waals surface area contributed by atoms with E-state index in [1.54, 1.807) is 0 Å². The average molecular weight is 492 g/mol. The molecule has 34 heavy (non-hydrogen) atoms. The number of halogens is 3. The summed E-state index contributed by atoms with van der Waals surface area (Å²) in [6, 6.07) is 14.6. The Morgan fingerprint density at radius 2 is 1.65 bits per heavy atom. The van der Waals surface area contributed by atoms with E-state index in [2.05, 4.69) is 10.0 Å². The summed E-state index contributed by atoms with van der Waals surface area (Å²) in [5, 5.41) is 2.54. The van der Waals surface area contributed by atoms with E-state index in [-0.39, 0.29) is 28.3 Å². The number of ether oxygens (including phenoxy) is 2. The van der Waals surface area contributed by atoms with Gasteiger partial charge in [0.1, 0.15) is 13.2 Å². The fourth-order valence-electron chi connectivity index (χ4n) is 3.27. The molecule has 0 saturated carbocycles. The number of carbonyl (C=O) groups excluding carboxylic acids is 1. The molecule has 178 valence electrons. The Morgan fingerprint density at radius 1 is 0.912 bits per heavy atom. The van der Waals surface area contributed by atoms with Crippen LogP contribution in [0.5, 0.6) is 11.5 Å². The Balaban J connectivity index is 1.45. The molecule has 0 radical (unpaired) electrons. The predicted octanol–water partition coefficient (Wildman–Crippen LogP) is 4.21. The van der Waals surface area contributed by atoms with E-state index in [0.29, 0.717) is 24.7 Å². The highest BCUT2D eigenvalue weighted by Gasteiger charge is 2.30. The lowest BCUT2D eigenvalue weighted by atomic mass is 10.1. The van der Waals surface area contributed by atoms with Crippen LogP contribution in [0.4, 0.5) is 18.9 Å². The summed E-state index contributed by atoms with van der Waals surface area (Å²) < 4.78 is 77.4. The Labute approximate surface area is 193 Å². The van der Waals surface area contributed by atoms with Crippen molar-refractivity contribution in [2.24, 2.45) is 0 Å². The highest BCUT2D eigenvalue weighted by Crippen LogP contribution is 2.33. The molecular weight excluding hydrogens is 473 g/mol. The first-order valence-corrected chi connectivity index (χ1v) is 11.6. The minimum atomic E-state index is -4.48. The molecule has 3 aromatic carbocycles. The normalized spacial score (nSPS) is 13.3. The molecule has 1 aliphatic rings. The van der Waals surface area contributed by atoms with Gasteiger partial charge in [0.15, 0.2) is 11.5 Å². The van der Waals surface area contributed by atoms with Gasteiger partial charge in [0.2, 0.25) is 0 Å². The number of alkyl halides is 3. The summed E-state index contributed by atoms with van der Waals surface area (Å²) in [5.41, 5.74) is -0.260. The Bertz CT molecular complexity index is 1330.